The third-order valence-corrected chi connectivity index (χ3v) is 2.20. The highest BCUT2D eigenvalue weighted by atomic mass is 14.7. The summed E-state index contributed by atoms with van der Waals surface area (Å²) < 4.78 is 0. The van der Waals surface area contributed by atoms with E-state index in [-0.39, 0.29) is 0 Å². The average molecular weight is 195 g/mol. The quantitative estimate of drug-likeness (QED) is 0.647. The van der Waals surface area contributed by atoms with Crippen molar-refractivity contribution in [3.05, 3.63) is 65.7 Å². The van der Waals surface area contributed by atoms with E-state index in [2.05, 4.69) is 36.2 Å². The number of rotatable bonds is 2. The summed E-state index contributed by atoms with van der Waals surface area (Å²) in [6, 6.07) is 18.3. The first kappa shape index (κ1) is 9.66. The van der Waals surface area contributed by atoms with Crippen LogP contribution >= 0.6 is 0 Å². The Labute approximate surface area is 90.1 Å². The van der Waals surface area contributed by atoms with Gasteiger partial charge in [0, 0.05) is 6.21 Å². The van der Waals surface area contributed by atoms with Gasteiger partial charge in [0.15, 0.2) is 0 Å². The zero-order valence-electron chi connectivity index (χ0n) is 8.72. The van der Waals surface area contributed by atoms with E-state index in [0.29, 0.717) is 0 Å². The fourth-order valence-electron chi connectivity index (χ4n) is 1.32. The van der Waals surface area contributed by atoms with Crippen molar-refractivity contribution in [1.82, 2.24) is 0 Å². The van der Waals surface area contributed by atoms with E-state index >= 15 is 0 Å². The molecule has 0 aliphatic rings. The van der Waals surface area contributed by atoms with Crippen molar-refractivity contribution >= 4 is 11.9 Å². The monoisotopic (exact) mass is 195 g/mol. The lowest BCUT2D eigenvalue weighted by molar-refractivity contribution is 1.46. The van der Waals surface area contributed by atoms with Gasteiger partial charge in [-0.2, -0.15) is 0 Å². The van der Waals surface area contributed by atoms with Crippen LogP contribution in [0.15, 0.2) is 59.6 Å². The second-order valence-corrected chi connectivity index (χ2v) is 3.50. The zero-order valence-corrected chi connectivity index (χ0v) is 8.72. The minimum Gasteiger partial charge on any atom is -0.256 e. The van der Waals surface area contributed by atoms with E-state index in [4.69, 9.17) is 0 Å². The molecule has 2 rings (SSSR count). The van der Waals surface area contributed by atoms with Gasteiger partial charge < -0.3 is 0 Å². The van der Waals surface area contributed by atoms with E-state index in [1.807, 2.05) is 36.5 Å². The van der Waals surface area contributed by atoms with Gasteiger partial charge in [-0.05, 0) is 24.6 Å². The van der Waals surface area contributed by atoms with Crippen molar-refractivity contribution < 1.29 is 0 Å². The molecule has 0 fully saturated rings. The van der Waals surface area contributed by atoms with E-state index in [1.54, 1.807) is 0 Å². The molecule has 2 aromatic carbocycles. The molecule has 74 valence electrons. The number of hydrogen-bond acceptors (Lipinski definition) is 1. The summed E-state index contributed by atoms with van der Waals surface area (Å²) in [5.41, 5.74) is 3.38. The van der Waals surface area contributed by atoms with Gasteiger partial charge in [0.1, 0.15) is 0 Å². The molecule has 0 bridgehead atoms. The Hall–Kier alpha value is -1.89. The molecule has 0 saturated heterocycles. The van der Waals surface area contributed by atoms with Gasteiger partial charge >= 0.3 is 0 Å². The lowest BCUT2D eigenvalue weighted by Gasteiger charge is -1.94. The molecule has 0 unspecified atom stereocenters. The second kappa shape index (κ2) is 4.56. The van der Waals surface area contributed by atoms with Crippen LogP contribution in [-0.4, -0.2) is 6.21 Å². The molecule has 0 heterocycles. The molecule has 1 nitrogen and oxygen atoms in total. The van der Waals surface area contributed by atoms with Crippen LogP contribution in [0.3, 0.4) is 0 Å². The van der Waals surface area contributed by atoms with Gasteiger partial charge in [-0.15, -0.1) is 0 Å². The summed E-state index contributed by atoms with van der Waals surface area (Å²) in [5, 5.41) is 0. The molecule has 0 radical (unpaired) electrons. The fraction of sp³-hybridized carbons (Fsp3) is 0.0714. The Morgan fingerprint density at radius 3 is 2.20 bits per heavy atom. The van der Waals surface area contributed by atoms with Crippen LogP contribution in [0.25, 0.3) is 0 Å². The zero-order chi connectivity index (χ0) is 10.5. The normalized spacial score (nSPS) is 10.7. The molecule has 2 aromatic rings. The summed E-state index contributed by atoms with van der Waals surface area (Å²) in [4.78, 5) is 4.38. The van der Waals surface area contributed by atoms with E-state index in [0.717, 1.165) is 11.3 Å². The molecule has 0 amide bonds. The van der Waals surface area contributed by atoms with Crippen LogP contribution in [0.1, 0.15) is 11.1 Å². The molecule has 1 heteroatoms. The summed E-state index contributed by atoms with van der Waals surface area (Å²) in [5.74, 6) is 0. The van der Waals surface area contributed by atoms with Crippen LogP contribution in [-0.2, 0) is 0 Å². The third-order valence-electron chi connectivity index (χ3n) is 2.20. The van der Waals surface area contributed by atoms with Gasteiger partial charge in [0.25, 0.3) is 0 Å². The van der Waals surface area contributed by atoms with Crippen LogP contribution < -0.4 is 0 Å². The van der Waals surface area contributed by atoms with E-state index in [9.17, 15) is 0 Å². The molecule has 0 aliphatic heterocycles. The van der Waals surface area contributed by atoms with Gasteiger partial charge in [-0.1, -0.05) is 48.0 Å². The molecule has 0 aromatic heterocycles. The highest BCUT2D eigenvalue weighted by Gasteiger charge is 1.87. The maximum absolute atomic E-state index is 4.38. The maximum atomic E-state index is 4.38. The third kappa shape index (κ3) is 2.78. The molecular formula is C14H13N. The average Bonchev–Trinajstić information content (AvgIpc) is 2.30. The maximum Gasteiger partial charge on any atom is 0.0629 e. The molecule has 0 saturated carbocycles. The van der Waals surface area contributed by atoms with Crippen LogP contribution in [0.4, 0.5) is 5.69 Å². The van der Waals surface area contributed by atoms with Crippen molar-refractivity contribution in [3.63, 3.8) is 0 Å². The number of nitrogens with zero attached hydrogens (tertiary/aromatic N) is 1. The SMILES string of the molecule is Cc1ccc(C=Nc2ccccc2)cc1. The Balaban J connectivity index is 2.15. The highest BCUT2D eigenvalue weighted by Crippen LogP contribution is 2.10. The number of para-hydroxylation sites is 1. The minimum absolute atomic E-state index is 0.984. The van der Waals surface area contributed by atoms with Crippen LogP contribution in [0.2, 0.25) is 0 Å². The number of hydrogen-bond donors (Lipinski definition) is 0. The molecule has 15 heavy (non-hydrogen) atoms. The Bertz CT molecular complexity index is 441. The molecular weight excluding hydrogens is 182 g/mol. The minimum atomic E-state index is 0.984. The summed E-state index contributed by atoms with van der Waals surface area (Å²) in [6.07, 6.45) is 1.88. The van der Waals surface area contributed by atoms with E-state index < -0.39 is 0 Å². The number of aliphatic imine (C=N–C) groups is 1. The lowest BCUT2D eigenvalue weighted by Crippen LogP contribution is -1.80. The smallest absolute Gasteiger partial charge is 0.0629 e. The number of benzene rings is 2. The molecule has 0 spiro atoms. The molecule has 0 atom stereocenters. The predicted octanol–water partition coefficient (Wildman–Crippen LogP) is 3.75. The van der Waals surface area contributed by atoms with Gasteiger partial charge in [-0.3, -0.25) is 4.99 Å². The van der Waals surface area contributed by atoms with Crippen molar-refractivity contribution in [1.29, 1.82) is 0 Å². The molecule has 0 N–H and O–H groups in total. The van der Waals surface area contributed by atoms with Crippen LogP contribution in [0, 0.1) is 6.92 Å². The first-order valence-corrected chi connectivity index (χ1v) is 5.00. The van der Waals surface area contributed by atoms with Gasteiger partial charge in [0.05, 0.1) is 5.69 Å². The van der Waals surface area contributed by atoms with Gasteiger partial charge in [0.2, 0.25) is 0 Å². The topological polar surface area (TPSA) is 12.4 Å². The first-order valence-electron chi connectivity index (χ1n) is 5.00. The largest absolute Gasteiger partial charge is 0.256 e. The van der Waals surface area contributed by atoms with Crippen molar-refractivity contribution in [2.45, 2.75) is 6.92 Å². The highest BCUT2D eigenvalue weighted by molar-refractivity contribution is 5.81. The summed E-state index contributed by atoms with van der Waals surface area (Å²) >= 11 is 0. The Morgan fingerprint density at radius 1 is 0.867 bits per heavy atom. The first-order chi connectivity index (χ1) is 7.34. The Kier molecular flexibility index (Phi) is 2.93. The van der Waals surface area contributed by atoms with Crippen molar-refractivity contribution in [2.75, 3.05) is 0 Å². The van der Waals surface area contributed by atoms with Crippen LogP contribution in [0.5, 0.6) is 0 Å². The standard InChI is InChI=1S/C14H13N/c1-12-7-9-13(10-8-12)11-15-14-5-3-2-4-6-14/h2-11H,1H3. The summed E-state index contributed by atoms with van der Waals surface area (Å²) in [6.45, 7) is 2.08. The van der Waals surface area contributed by atoms with E-state index in [1.165, 1.54) is 5.56 Å². The fourth-order valence-corrected chi connectivity index (χ4v) is 1.32. The Morgan fingerprint density at radius 2 is 1.53 bits per heavy atom. The summed E-state index contributed by atoms with van der Waals surface area (Å²) in [7, 11) is 0. The predicted molar refractivity (Wildman–Crippen MR) is 64.9 cm³/mol. The van der Waals surface area contributed by atoms with Crippen molar-refractivity contribution in [3.8, 4) is 0 Å². The lowest BCUT2D eigenvalue weighted by atomic mass is 10.2. The van der Waals surface area contributed by atoms with Crippen molar-refractivity contribution in [2.24, 2.45) is 4.99 Å². The molecule has 0 aliphatic carbocycles. The second-order valence-electron chi connectivity index (χ2n) is 3.50. The van der Waals surface area contributed by atoms with Gasteiger partial charge in [-0.25, -0.2) is 0 Å². The number of aryl methyl sites for hydroxylation is 1.